The van der Waals surface area contributed by atoms with E-state index in [4.69, 9.17) is 33.2 Å². The van der Waals surface area contributed by atoms with Gasteiger partial charge in [-0.05, 0) is 30.0 Å². The van der Waals surface area contributed by atoms with Crippen LogP contribution in [0, 0.1) is 29.1 Å². The van der Waals surface area contributed by atoms with Gasteiger partial charge in [-0.1, -0.05) is 59.4 Å². The molecule has 0 unspecified atom stereocenters. The number of carbonyl (C=O) groups excluding carboxylic acids is 7. The Bertz CT molecular complexity index is 1690. The van der Waals surface area contributed by atoms with Gasteiger partial charge in [-0.2, -0.15) is 0 Å². The Balaban J connectivity index is 2.17. The van der Waals surface area contributed by atoms with Crippen molar-refractivity contribution < 1.29 is 71.8 Å². The Kier molecular flexibility index (Phi) is 12.2. The molecule has 4 rings (SSSR count). The molecule has 0 amide bonds. The van der Waals surface area contributed by atoms with Gasteiger partial charge >= 0.3 is 35.8 Å². The minimum absolute atomic E-state index is 0.0340. The minimum Gasteiger partial charge on any atom is -0.462 e. The first kappa shape index (κ1) is 42.1. The van der Waals surface area contributed by atoms with E-state index in [1.54, 1.807) is 25.1 Å². The average Bonchev–Trinajstić information content (AvgIpc) is 3.48. The summed E-state index contributed by atoms with van der Waals surface area (Å²) in [5, 5.41) is 13.0. The fourth-order valence-corrected chi connectivity index (χ4v) is 8.45. The molecule has 2 bridgehead atoms. The van der Waals surface area contributed by atoms with Crippen LogP contribution in [-0.2, 0) is 61.9 Å². The highest BCUT2D eigenvalue weighted by molar-refractivity contribution is 5.90. The molecule has 3 aliphatic rings. The molecule has 2 aliphatic heterocycles. The molecule has 1 aromatic carbocycles. The third-order valence-electron chi connectivity index (χ3n) is 10.8. The van der Waals surface area contributed by atoms with Gasteiger partial charge in [-0.25, -0.2) is 4.79 Å². The zero-order valence-corrected chi connectivity index (χ0v) is 32.2. The molecule has 0 radical (unpaired) electrons. The highest BCUT2D eigenvalue weighted by Crippen LogP contribution is 2.60. The number of fused-ring (bicyclic) bond motifs is 4. The number of Topliss-reactive ketones (excluding diaryl/α,β-unsaturated/α-hetero) is 1. The molecule has 15 heteroatoms. The van der Waals surface area contributed by atoms with Crippen molar-refractivity contribution in [2.45, 2.75) is 124 Å². The van der Waals surface area contributed by atoms with Crippen LogP contribution in [0.2, 0.25) is 0 Å². The zero-order valence-electron chi connectivity index (χ0n) is 32.2. The number of rotatable bonds is 7. The van der Waals surface area contributed by atoms with Crippen molar-refractivity contribution in [2.24, 2.45) is 29.1 Å². The molecule has 0 aromatic heterocycles. The van der Waals surface area contributed by atoms with E-state index in [1.807, 2.05) is 0 Å². The molecule has 1 N–H and O–H groups in total. The summed E-state index contributed by atoms with van der Waals surface area (Å²) in [5.41, 5.74) is -3.89. The van der Waals surface area contributed by atoms with Gasteiger partial charge in [0.05, 0.1) is 17.4 Å². The topological polar surface area (TPSA) is 204 Å². The van der Waals surface area contributed by atoms with Gasteiger partial charge in [-0.3, -0.25) is 28.8 Å². The summed E-state index contributed by atoms with van der Waals surface area (Å²) in [6.07, 6.45) is -9.67. The molecule has 3 fully saturated rings. The predicted octanol–water partition coefficient (Wildman–Crippen LogP) is 3.42. The molecule has 0 spiro atoms. The number of carbonyl (C=O) groups is 7. The Morgan fingerprint density at radius 3 is 1.81 bits per heavy atom. The maximum absolute atomic E-state index is 14.5. The first-order valence-corrected chi connectivity index (χ1v) is 17.8. The number of hydrogen-bond acceptors (Lipinski definition) is 15. The van der Waals surface area contributed by atoms with E-state index < -0.39 is 119 Å². The van der Waals surface area contributed by atoms with Crippen LogP contribution in [0.25, 0.3) is 0 Å². The van der Waals surface area contributed by atoms with E-state index in [9.17, 15) is 38.7 Å². The van der Waals surface area contributed by atoms with Crippen LogP contribution in [0.5, 0.6) is 0 Å². The molecular weight excluding hydrogens is 708 g/mol. The van der Waals surface area contributed by atoms with E-state index in [0.717, 1.165) is 34.6 Å². The summed E-state index contributed by atoms with van der Waals surface area (Å²) < 4.78 is 42.2. The molecule has 12 atom stereocenters. The van der Waals surface area contributed by atoms with Crippen molar-refractivity contribution in [3.8, 4) is 0 Å². The molecule has 2 heterocycles. The molecule has 2 saturated heterocycles. The van der Waals surface area contributed by atoms with Crippen LogP contribution in [0.4, 0.5) is 0 Å². The van der Waals surface area contributed by atoms with Crippen molar-refractivity contribution >= 4 is 41.6 Å². The number of ketones is 1. The van der Waals surface area contributed by atoms with Gasteiger partial charge in [0.1, 0.15) is 18.3 Å². The zero-order chi connectivity index (χ0) is 40.7. The Morgan fingerprint density at radius 2 is 1.30 bits per heavy atom. The summed E-state index contributed by atoms with van der Waals surface area (Å²) in [6, 6.07) is 7.85. The molecule has 1 aromatic rings. The third kappa shape index (κ3) is 7.65. The van der Waals surface area contributed by atoms with E-state index in [2.05, 4.69) is 6.58 Å². The Hall–Kier alpha value is -4.63. The second-order valence-corrected chi connectivity index (χ2v) is 15.1. The van der Waals surface area contributed by atoms with E-state index in [-0.39, 0.29) is 17.6 Å². The maximum atomic E-state index is 14.5. The van der Waals surface area contributed by atoms with E-state index in [1.165, 1.54) is 39.8 Å². The van der Waals surface area contributed by atoms with E-state index in [0.29, 0.717) is 0 Å². The number of aliphatic hydroxyl groups is 1. The SMILES string of the molecule is C=C1[C@H](C)[C@@H](OC(=O)c2ccccc2)[C@@H]2[C@@H](OC(C)=O)[C@@H](C)C[C@]2(OC(C)=O)[C@@]2(O)O[C@@H](C(=O)[C@H]2C)C(C)(C)[C@H](OC(C)=O)[C@H](OC(C)=O)[C@H]1OC(C)=O. The molecule has 1 aliphatic carbocycles. The molecule has 296 valence electrons. The second kappa shape index (κ2) is 15.6. The summed E-state index contributed by atoms with van der Waals surface area (Å²) in [5.74, 6) is -13.5. The van der Waals surface area contributed by atoms with Crippen molar-refractivity contribution in [2.75, 3.05) is 0 Å². The average molecular weight is 759 g/mol. The predicted molar refractivity (Wildman–Crippen MR) is 186 cm³/mol. The summed E-state index contributed by atoms with van der Waals surface area (Å²) in [6.45, 7) is 17.2. The van der Waals surface area contributed by atoms with Crippen LogP contribution in [-0.4, -0.2) is 94.7 Å². The number of benzene rings is 1. The normalized spacial score (nSPS) is 36.0. The number of esters is 6. The lowest BCUT2D eigenvalue weighted by Crippen LogP contribution is -2.67. The monoisotopic (exact) mass is 758 g/mol. The number of ether oxygens (including phenoxy) is 7. The summed E-state index contributed by atoms with van der Waals surface area (Å²) in [7, 11) is 0. The quantitative estimate of drug-likeness (QED) is 0.240. The van der Waals surface area contributed by atoms with Gasteiger partial charge in [0.25, 0.3) is 0 Å². The first-order chi connectivity index (χ1) is 25.0. The minimum atomic E-state index is -2.70. The van der Waals surface area contributed by atoms with Gasteiger partial charge in [0.15, 0.2) is 29.7 Å². The summed E-state index contributed by atoms with van der Waals surface area (Å²) in [4.78, 5) is 92.9. The van der Waals surface area contributed by atoms with Crippen LogP contribution < -0.4 is 0 Å². The lowest BCUT2D eigenvalue weighted by molar-refractivity contribution is -0.337. The third-order valence-corrected chi connectivity index (χ3v) is 10.8. The smallest absolute Gasteiger partial charge is 0.338 e. The lowest BCUT2D eigenvalue weighted by Gasteiger charge is -2.51. The Labute approximate surface area is 313 Å². The Morgan fingerprint density at radius 1 is 0.759 bits per heavy atom. The number of hydrogen-bond donors (Lipinski definition) is 1. The molecular formula is C39H50O15. The fraction of sp³-hybridized carbons (Fsp3) is 0.615. The van der Waals surface area contributed by atoms with Gasteiger partial charge in [0, 0.05) is 46.0 Å². The maximum Gasteiger partial charge on any atom is 0.338 e. The van der Waals surface area contributed by atoms with Gasteiger partial charge in [0.2, 0.25) is 5.79 Å². The van der Waals surface area contributed by atoms with Crippen molar-refractivity contribution in [1.29, 1.82) is 0 Å². The molecule has 1 saturated carbocycles. The summed E-state index contributed by atoms with van der Waals surface area (Å²) >= 11 is 0. The lowest BCUT2D eigenvalue weighted by atomic mass is 9.70. The standard InChI is InChI=1S/C39H50O15/c1-18-17-38(53-26(9)44)28(30(18)48-22(5)40)31(52-36(46)27-15-13-12-14-16-27)19(2)20(3)32(49-23(6)41)33(50-24(7)42)35(51-25(8)43)37(10,11)34-29(45)21(4)39(38,47)54-34/h12-16,18-19,21,28,30-35,47H,3,17H2,1-2,4-11H3/t18-,19-,21+,28-,30-,31+,32-,33+,34-,35+,38+,39-/m0/s1. The molecule has 15 nitrogen and oxygen atoms in total. The largest absolute Gasteiger partial charge is 0.462 e. The van der Waals surface area contributed by atoms with Crippen LogP contribution in [0.1, 0.15) is 86.0 Å². The van der Waals surface area contributed by atoms with Gasteiger partial charge < -0.3 is 38.3 Å². The van der Waals surface area contributed by atoms with Crippen LogP contribution >= 0.6 is 0 Å². The second-order valence-electron chi connectivity index (χ2n) is 15.1. The van der Waals surface area contributed by atoms with E-state index >= 15 is 0 Å². The van der Waals surface area contributed by atoms with Crippen molar-refractivity contribution in [1.82, 2.24) is 0 Å². The van der Waals surface area contributed by atoms with Crippen LogP contribution in [0.3, 0.4) is 0 Å². The highest BCUT2D eigenvalue weighted by atomic mass is 16.7. The fourth-order valence-electron chi connectivity index (χ4n) is 8.45. The van der Waals surface area contributed by atoms with Gasteiger partial charge in [-0.15, -0.1) is 0 Å². The van der Waals surface area contributed by atoms with Crippen LogP contribution in [0.15, 0.2) is 42.5 Å². The highest BCUT2D eigenvalue weighted by Gasteiger charge is 2.77. The first-order valence-electron chi connectivity index (χ1n) is 17.8. The van der Waals surface area contributed by atoms with Crippen molar-refractivity contribution in [3.63, 3.8) is 0 Å². The van der Waals surface area contributed by atoms with Crippen molar-refractivity contribution in [3.05, 3.63) is 48.0 Å². The molecule has 54 heavy (non-hydrogen) atoms.